The third-order valence-corrected chi connectivity index (χ3v) is 4.82. The molecule has 0 aliphatic carbocycles. The molecule has 0 unspecified atom stereocenters. The summed E-state index contributed by atoms with van der Waals surface area (Å²) in [6.07, 6.45) is 3.47. The molecule has 0 atom stereocenters. The maximum Gasteiger partial charge on any atom is 0.250 e. The quantitative estimate of drug-likeness (QED) is 0.371. The number of benzene rings is 2. The molecule has 2 aromatic heterocycles. The second-order valence-corrected chi connectivity index (χ2v) is 8.74. The highest BCUT2D eigenvalue weighted by Gasteiger charge is 2.28. The van der Waals surface area contributed by atoms with Crippen molar-refractivity contribution in [1.29, 1.82) is 0 Å². The van der Waals surface area contributed by atoms with E-state index in [4.69, 9.17) is 34.8 Å². The second-order valence-electron chi connectivity index (χ2n) is 6.46. The fourth-order valence-electron chi connectivity index (χ4n) is 2.84. The summed E-state index contributed by atoms with van der Waals surface area (Å²) in [5.41, 5.74) is 3.98. The molecule has 150 valence electrons. The summed E-state index contributed by atoms with van der Waals surface area (Å²) < 4.78 is -1.77. The molecule has 2 heterocycles. The fourth-order valence-corrected chi connectivity index (χ4v) is 3.09. The van der Waals surface area contributed by atoms with Crippen LogP contribution in [0.4, 0.5) is 5.95 Å². The maximum absolute atomic E-state index is 6.05. The number of anilines is 1. The second kappa shape index (κ2) is 8.96. The molecule has 0 aliphatic rings. The Morgan fingerprint density at radius 1 is 0.733 bits per heavy atom. The van der Waals surface area contributed by atoms with Crippen LogP contribution in [-0.2, 0) is 10.3 Å². The molecule has 0 aliphatic heterocycles. The number of hydrogen-bond acceptors (Lipinski definition) is 5. The van der Waals surface area contributed by atoms with Gasteiger partial charge in [0.1, 0.15) is 0 Å². The largest absolute Gasteiger partial charge is 0.350 e. The minimum Gasteiger partial charge on any atom is -0.350 e. The van der Waals surface area contributed by atoms with E-state index in [0.717, 1.165) is 22.3 Å². The van der Waals surface area contributed by atoms with Crippen LogP contribution in [0.15, 0.2) is 79.1 Å². The lowest BCUT2D eigenvalue weighted by Gasteiger charge is -2.13. The van der Waals surface area contributed by atoms with E-state index in [1.807, 2.05) is 54.6 Å². The van der Waals surface area contributed by atoms with Crippen molar-refractivity contribution in [3.63, 3.8) is 0 Å². The van der Waals surface area contributed by atoms with Crippen LogP contribution in [-0.4, -0.2) is 19.9 Å². The monoisotopic (exact) mass is 455 g/mol. The van der Waals surface area contributed by atoms with Crippen molar-refractivity contribution < 1.29 is 0 Å². The van der Waals surface area contributed by atoms with Crippen LogP contribution in [0.1, 0.15) is 11.4 Å². The normalized spacial score (nSPS) is 11.3. The summed E-state index contributed by atoms with van der Waals surface area (Å²) in [5.74, 6) is 0.787. The maximum atomic E-state index is 6.05. The number of halogens is 3. The topological polar surface area (TPSA) is 63.6 Å². The van der Waals surface area contributed by atoms with Gasteiger partial charge in [0, 0.05) is 24.5 Å². The van der Waals surface area contributed by atoms with Crippen molar-refractivity contribution in [3.8, 4) is 22.5 Å². The number of nitrogens with one attached hydrogen (secondary N) is 1. The predicted molar refractivity (Wildman–Crippen MR) is 121 cm³/mol. The molecule has 1 N–H and O–H groups in total. The number of alkyl halides is 3. The van der Waals surface area contributed by atoms with Gasteiger partial charge in [-0.2, -0.15) is 9.97 Å². The van der Waals surface area contributed by atoms with Crippen LogP contribution in [0.25, 0.3) is 22.5 Å². The third kappa shape index (κ3) is 5.05. The van der Waals surface area contributed by atoms with Crippen molar-refractivity contribution >= 4 is 40.8 Å². The Kier molecular flexibility index (Phi) is 6.13. The fraction of sp³-hybridized carbons (Fsp3) is 0.0909. The van der Waals surface area contributed by atoms with Crippen molar-refractivity contribution in [3.05, 3.63) is 90.5 Å². The Bertz CT molecular complexity index is 1120. The average Bonchev–Trinajstić information content (AvgIpc) is 2.78. The summed E-state index contributed by atoms with van der Waals surface area (Å²) in [6, 6.07) is 21.8. The van der Waals surface area contributed by atoms with Gasteiger partial charge in [0.2, 0.25) is 9.74 Å². The standard InChI is InChI=1S/C22H16Cl3N5/c23-22(24,25)20-28-19(29-21(30-20)27-14-15-5-4-12-26-13-15)18-10-8-17(9-11-18)16-6-2-1-3-7-16/h1-13H,14H2,(H,27,28,29,30). The zero-order valence-electron chi connectivity index (χ0n) is 15.6. The number of rotatable bonds is 5. The first-order valence-corrected chi connectivity index (χ1v) is 10.2. The number of hydrogen-bond donors (Lipinski definition) is 1. The predicted octanol–water partition coefficient (Wildman–Crippen LogP) is 6.04. The molecule has 0 amide bonds. The van der Waals surface area contributed by atoms with Crippen molar-refractivity contribution in [2.75, 3.05) is 5.32 Å². The summed E-state index contributed by atoms with van der Waals surface area (Å²) >= 11 is 18.2. The average molecular weight is 457 g/mol. The SMILES string of the molecule is ClC(Cl)(Cl)c1nc(NCc2cccnc2)nc(-c2ccc(-c3ccccc3)cc2)n1. The lowest BCUT2D eigenvalue weighted by atomic mass is 10.0. The molecule has 0 bridgehead atoms. The van der Waals surface area contributed by atoms with E-state index >= 15 is 0 Å². The van der Waals surface area contributed by atoms with Gasteiger partial charge in [0.05, 0.1) is 0 Å². The summed E-state index contributed by atoms with van der Waals surface area (Å²) in [5, 5.41) is 3.14. The summed E-state index contributed by atoms with van der Waals surface area (Å²) in [6.45, 7) is 0.476. The lowest BCUT2D eigenvalue weighted by Crippen LogP contribution is -2.13. The number of aromatic nitrogens is 4. The molecule has 0 saturated carbocycles. The highest BCUT2D eigenvalue weighted by molar-refractivity contribution is 6.66. The molecule has 4 aromatic rings. The molecule has 30 heavy (non-hydrogen) atoms. The molecule has 0 radical (unpaired) electrons. The minimum absolute atomic E-state index is 0.0540. The Labute approximate surface area is 189 Å². The minimum atomic E-state index is -1.77. The first kappa shape index (κ1) is 20.5. The Morgan fingerprint density at radius 2 is 1.43 bits per heavy atom. The number of nitrogens with zero attached hydrogens (tertiary/aromatic N) is 4. The van der Waals surface area contributed by atoms with E-state index in [0.29, 0.717) is 18.3 Å². The highest BCUT2D eigenvalue weighted by Crippen LogP contribution is 2.37. The summed E-state index contributed by atoms with van der Waals surface area (Å²) in [7, 11) is 0. The Hall–Kier alpha value is -2.73. The van der Waals surface area contributed by atoms with Crippen molar-refractivity contribution in [2.45, 2.75) is 10.3 Å². The van der Waals surface area contributed by atoms with Gasteiger partial charge in [-0.05, 0) is 22.8 Å². The smallest absolute Gasteiger partial charge is 0.250 e. The molecule has 0 fully saturated rings. The molecule has 4 rings (SSSR count). The molecule has 8 heteroatoms. The van der Waals surface area contributed by atoms with E-state index in [-0.39, 0.29) is 5.82 Å². The Balaban J connectivity index is 1.64. The van der Waals surface area contributed by atoms with Gasteiger partial charge >= 0.3 is 0 Å². The zero-order valence-corrected chi connectivity index (χ0v) is 17.9. The van der Waals surface area contributed by atoms with Gasteiger partial charge in [0.25, 0.3) is 0 Å². The van der Waals surface area contributed by atoms with Crippen LogP contribution in [0, 0.1) is 0 Å². The van der Waals surface area contributed by atoms with E-state index in [9.17, 15) is 0 Å². The van der Waals surface area contributed by atoms with Crippen molar-refractivity contribution in [2.24, 2.45) is 0 Å². The van der Waals surface area contributed by atoms with Crippen molar-refractivity contribution in [1.82, 2.24) is 19.9 Å². The molecule has 0 saturated heterocycles. The van der Waals surface area contributed by atoms with E-state index in [1.165, 1.54) is 0 Å². The first-order valence-electron chi connectivity index (χ1n) is 9.11. The van der Waals surface area contributed by atoms with Gasteiger partial charge in [-0.1, -0.05) is 95.5 Å². The number of pyridine rings is 1. The highest BCUT2D eigenvalue weighted by atomic mass is 35.6. The van der Waals surface area contributed by atoms with Gasteiger partial charge in [-0.15, -0.1) is 0 Å². The van der Waals surface area contributed by atoms with Crippen LogP contribution >= 0.6 is 34.8 Å². The molecule has 5 nitrogen and oxygen atoms in total. The van der Waals surface area contributed by atoms with E-state index in [2.05, 4.69) is 37.4 Å². The lowest BCUT2D eigenvalue weighted by molar-refractivity contribution is 0.912. The van der Waals surface area contributed by atoms with E-state index < -0.39 is 3.79 Å². The van der Waals surface area contributed by atoms with Crippen LogP contribution in [0.3, 0.4) is 0 Å². The molecular weight excluding hydrogens is 441 g/mol. The molecule has 2 aromatic carbocycles. The van der Waals surface area contributed by atoms with Crippen LogP contribution < -0.4 is 5.32 Å². The summed E-state index contributed by atoms with van der Waals surface area (Å²) in [4.78, 5) is 17.2. The van der Waals surface area contributed by atoms with Crippen LogP contribution in [0.5, 0.6) is 0 Å². The Morgan fingerprint density at radius 3 is 2.10 bits per heavy atom. The zero-order chi connectivity index (χ0) is 21.0. The van der Waals surface area contributed by atoms with Gasteiger partial charge < -0.3 is 5.32 Å². The van der Waals surface area contributed by atoms with Crippen LogP contribution in [0.2, 0.25) is 0 Å². The molecular formula is C22H16Cl3N5. The first-order chi connectivity index (χ1) is 14.5. The third-order valence-electron chi connectivity index (χ3n) is 4.31. The van der Waals surface area contributed by atoms with E-state index in [1.54, 1.807) is 12.4 Å². The van der Waals surface area contributed by atoms with Gasteiger partial charge in [-0.25, -0.2) is 4.98 Å². The van der Waals surface area contributed by atoms with Gasteiger partial charge in [0.15, 0.2) is 11.6 Å². The molecule has 0 spiro atoms. The van der Waals surface area contributed by atoms with Gasteiger partial charge in [-0.3, -0.25) is 4.98 Å².